The molecule has 0 saturated heterocycles. The third-order valence-corrected chi connectivity index (χ3v) is 3.17. The summed E-state index contributed by atoms with van der Waals surface area (Å²) in [5, 5.41) is 8.89. The number of rotatable bonds is 2. The van der Waals surface area contributed by atoms with Gasteiger partial charge in [0.15, 0.2) is 0 Å². The monoisotopic (exact) mass is 274 g/mol. The van der Waals surface area contributed by atoms with Gasteiger partial charge in [0.2, 0.25) is 0 Å². The molecule has 0 aliphatic heterocycles. The van der Waals surface area contributed by atoms with Gasteiger partial charge in [-0.15, -0.1) is 0 Å². The molecule has 2 heteroatoms. The van der Waals surface area contributed by atoms with E-state index in [9.17, 15) is 0 Å². The normalized spacial score (nSPS) is 27.2. The zero-order chi connectivity index (χ0) is 8.55. The van der Waals surface area contributed by atoms with Gasteiger partial charge in [0, 0.05) is 10.2 Å². The first-order valence-corrected chi connectivity index (χ1v) is 5.25. The Hall–Kier alpha value is -0.0900. The van der Waals surface area contributed by atoms with E-state index in [-0.39, 0.29) is 0 Å². The second kappa shape index (κ2) is 3.34. The first-order valence-electron chi connectivity index (χ1n) is 4.17. The molecule has 64 valence electrons. The Kier molecular flexibility index (Phi) is 2.37. The van der Waals surface area contributed by atoms with Gasteiger partial charge in [0.05, 0.1) is 0 Å². The minimum absolute atomic E-state index is 0.344. The summed E-state index contributed by atoms with van der Waals surface area (Å²) in [4.78, 5) is 0. The average molecular weight is 274 g/mol. The molecule has 0 spiro atoms. The largest absolute Gasteiger partial charge is 0.396 e. The number of aliphatic hydroxyl groups is 1. The van der Waals surface area contributed by atoms with Crippen molar-refractivity contribution in [1.29, 1.82) is 0 Å². The van der Waals surface area contributed by atoms with Crippen LogP contribution in [0.15, 0.2) is 24.3 Å². The number of benzene rings is 1. The van der Waals surface area contributed by atoms with Gasteiger partial charge < -0.3 is 5.11 Å². The van der Waals surface area contributed by atoms with E-state index in [0.29, 0.717) is 18.4 Å². The summed E-state index contributed by atoms with van der Waals surface area (Å²) in [6, 6.07) is 8.59. The van der Waals surface area contributed by atoms with Crippen molar-refractivity contribution < 1.29 is 5.11 Å². The summed E-state index contributed by atoms with van der Waals surface area (Å²) in [6.45, 7) is 0.344. The molecule has 0 amide bonds. The average Bonchev–Trinajstić information content (AvgIpc) is 2.85. The van der Waals surface area contributed by atoms with Gasteiger partial charge in [-0.1, -0.05) is 12.1 Å². The highest BCUT2D eigenvalue weighted by Gasteiger charge is 2.37. The van der Waals surface area contributed by atoms with Crippen LogP contribution in [0, 0.1) is 9.49 Å². The summed E-state index contributed by atoms with van der Waals surface area (Å²) < 4.78 is 1.28. The molecule has 0 bridgehead atoms. The summed E-state index contributed by atoms with van der Waals surface area (Å²) in [6.07, 6.45) is 1.16. The van der Waals surface area contributed by atoms with Crippen molar-refractivity contribution in [3.05, 3.63) is 33.4 Å². The van der Waals surface area contributed by atoms with Crippen molar-refractivity contribution in [3.63, 3.8) is 0 Å². The van der Waals surface area contributed by atoms with E-state index >= 15 is 0 Å². The zero-order valence-electron chi connectivity index (χ0n) is 6.70. The molecule has 1 nitrogen and oxygen atoms in total. The SMILES string of the molecule is OCC1CC1c1ccc(I)cc1. The highest BCUT2D eigenvalue weighted by atomic mass is 127. The summed E-state index contributed by atoms with van der Waals surface area (Å²) in [7, 11) is 0. The predicted octanol–water partition coefficient (Wildman–Crippen LogP) is 2.39. The Labute approximate surface area is 85.9 Å². The Morgan fingerprint density at radius 2 is 2.00 bits per heavy atom. The van der Waals surface area contributed by atoms with Crippen LogP contribution in [0.4, 0.5) is 0 Å². The summed E-state index contributed by atoms with van der Waals surface area (Å²) >= 11 is 2.31. The molecule has 1 aromatic rings. The van der Waals surface area contributed by atoms with Crippen LogP contribution in [0.2, 0.25) is 0 Å². The lowest BCUT2D eigenvalue weighted by molar-refractivity contribution is 0.274. The van der Waals surface area contributed by atoms with E-state index in [1.165, 1.54) is 9.13 Å². The number of aliphatic hydroxyl groups excluding tert-OH is 1. The first kappa shape index (κ1) is 8.51. The van der Waals surface area contributed by atoms with Gasteiger partial charge in [-0.2, -0.15) is 0 Å². The van der Waals surface area contributed by atoms with Crippen LogP contribution in [0.5, 0.6) is 0 Å². The second-order valence-electron chi connectivity index (χ2n) is 3.34. The summed E-state index contributed by atoms with van der Waals surface area (Å²) in [5.74, 6) is 1.16. The third kappa shape index (κ3) is 1.64. The Balaban J connectivity index is 2.10. The van der Waals surface area contributed by atoms with E-state index in [0.717, 1.165) is 6.42 Å². The van der Waals surface area contributed by atoms with Crippen molar-refractivity contribution >= 4 is 22.6 Å². The molecule has 0 heterocycles. The molecule has 1 aliphatic rings. The van der Waals surface area contributed by atoms with Gasteiger partial charge in [-0.3, -0.25) is 0 Å². The Bertz CT molecular complexity index is 268. The number of hydrogen-bond acceptors (Lipinski definition) is 1. The fourth-order valence-corrected chi connectivity index (χ4v) is 1.93. The quantitative estimate of drug-likeness (QED) is 0.821. The second-order valence-corrected chi connectivity index (χ2v) is 4.58. The van der Waals surface area contributed by atoms with Crippen LogP contribution < -0.4 is 0 Å². The Morgan fingerprint density at radius 1 is 1.33 bits per heavy atom. The molecule has 0 radical (unpaired) electrons. The molecular weight excluding hydrogens is 263 g/mol. The lowest BCUT2D eigenvalue weighted by atomic mass is 10.1. The van der Waals surface area contributed by atoms with E-state index in [4.69, 9.17) is 5.11 Å². The number of hydrogen-bond donors (Lipinski definition) is 1. The highest BCUT2D eigenvalue weighted by Crippen LogP contribution is 2.46. The maximum Gasteiger partial charge on any atom is 0.0465 e. The van der Waals surface area contributed by atoms with Crippen molar-refractivity contribution in [2.24, 2.45) is 5.92 Å². The van der Waals surface area contributed by atoms with Crippen molar-refractivity contribution in [1.82, 2.24) is 0 Å². The molecule has 1 aromatic carbocycles. The molecule has 2 rings (SSSR count). The van der Waals surface area contributed by atoms with E-state index in [1.54, 1.807) is 0 Å². The predicted molar refractivity (Wildman–Crippen MR) is 57.1 cm³/mol. The molecule has 1 N–H and O–H groups in total. The zero-order valence-corrected chi connectivity index (χ0v) is 8.86. The van der Waals surface area contributed by atoms with Crippen LogP contribution in [0.25, 0.3) is 0 Å². The molecule has 12 heavy (non-hydrogen) atoms. The molecule has 1 aliphatic carbocycles. The minimum Gasteiger partial charge on any atom is -0.396 e. The van der Waals surface area contributed by atoms with Crippen LogP contribution in [0.3, 0.4) is 0 Å². The van der Waals surface area contributed by atoms with Crippen LogP contribution in [0.1, 0.15) is 17.9 Å². The maximum absolute atomic E-state index is 8.89. The lowest BCUT2D eigenvalue weighted by Crippen LogP contribution is -1.88. The number of halogens is 1. The smallest absolute Gasteiger partial charge is 0.0465 e. The van der Waals surface area contributed by atoms with Crippen LogP contribution in [-0.4, -0.2) is 11.7 Å². The van der Waals surface area contributed by atoms with Gasteiger partial charge in [-0.25, -0.2) is 0 Å². The Morgan fingerprint density at radius 3 is 2.50 bits per heavy atom. The standard InChI is InChI=1S/C10H11IO/c11-9-3-1-7(2-4-9)10-5-8(10)6-12/h1-4,8,10,12H,5-6H2. The van der Waals surface area contributed by atoms with E-state index in [2.05, 4.69) is 46.9 Å². The van der Waals surface area contributed by atoms with E-state index in [1.807, 2.05) is 0 Å². The van der Waals surface area contributed by atoms with Crippen molar-refractivity contribution in [3.8, 4) is 0 Å². The van der Waals surface area contributed by atoms with Gasteiger partial charge in [0.25, 0.3) is 0 Å². The molecule has 2 atom stereocenters. The lowest BCUT2D eigenvalue weighted by Gasteiger charge is -1.98. The molecular formula is C10H11IO. The highest BCUT2D eigenvalue weighted by molar-refractivity contribution is 14.1. The molecule has 1 fully saturated rings. The molecule has 2 unspecified atom stereocenters. The topological polar surface area (TPSA) is 20.2 Å². The maximum atomic E-state index is 8.89. The summed E-state index contributed by atoms with van der Waals surface area (Å²) in [5.41, 5.74) is 1.38. The van der Waals surface area contributed by atoms with Crippen LogP contribution >= 0.6 is 22.6 Å². The van der Waals surface area contributed by atoms with Crippen molar-refractivity contribution in [2.75, 3.05) is 6.61 Å². The van der Waals surface area contributed by atoms with Gasteiger partial charge in [-0.05, 0) is 58.5 Å². The van der Waals surface area contributed by atoms with E-state index < -0.39 is 0 Å². The van der Waals surface area contributed by atoms with Crippen LogP contribution in [-0.2, 0) is 0 Å². The molecule has 1 saturated carbocycles. The minimum atomic E-state index is 0.344. The third-order valence-electron chi connectivity index (χ3n) is 2.46. The molecule has 0 aromatic heterocycles. The van der Waals surface area contributed by atoms with Gasteiger partial charge in [0.1, 0.15) is 0 Å². The van der Waals surface area contributed by atoms with Crippen molar-refractivity contribution in [2.45, 2.75) is 12.3 Å². The fraction of sp³-hybridized carbons (Fsp3) is 0.400. The first-order chi connectivity index (χ1) is 5.81. The fourth-order valence-electron chi connectivity index (χ4n) is 1.57. The van der Waals surface area contributed by atoms with Gasteiger partial charge >= 0.3 is 0 Å².